The first-order valence-electron chi connectivity index (χ1n) is 10.1. The van der Waals surface area contributed by atoms with Crippen LogP contribution in [0.4, 0.5) is 5.82 Å². The van der Waals surface area contributed by atoms with E-state index in [-0.39, 0.29) is 5.41 Å². The summed E-state index contributed by atoms with van der Waals surface area (Å²) in [5, 5.41) is 1.07. The Bertz CT molecular complexity index is 956. The average Bonchev–Trinajstić information content (AvgIpc) is 2.99. The van der Waals surface area contributed by atoms with Gasteiger partial charge in [-0.25, -0.2) is 9.97 Å². The molecule has 5 heteroatoms. The van der Waals surface area contributed by atoms with E-state index in [0.717, 1.165) is 40.7 Å². The van der Waals surface area contributed by atoms with Crippen molar-refractivity contribution in [1.29, 1.82) is 0 Å². The molecule has 0 aliphatic rings. The number of nitrogen functional groups attached to an aromatic ring is 1. The van der Waals surface area contributed by atoms with Crippen LogP contribution in [0.3, 0.4) is 0 Å². The van der Waals surface area contributed by atoms with Crippen LogP contribution in [0, 0.1) is 5.41 Å². The van der Waals surface area contributed by atoms with Crippen molar-refractivity contribution in [2.45, 2.75) is 61.1 Å². The number of allylic oxidation sites excluding steroid dienone is 1. The summed E-state index contributed by atoms with van der Waals surface area (Å²) in [6, 6.07) is 8.08. The van der Waals surface area contributed by atoms with Gasteiger partial charge in [0.2, 0.25) is 0 Å². The fourth-order valence-corrected chi connectivity index (χ4v) is 3.68. The number of imidazole rings is 1. The van der Waals surface area contributed by atoms with Crippen molar-refractivity contribution in [1.82, 2.24) is 14.5 Å². The molecule has 0 fully saturated rings. The molecule has 0 amide bonds. The number of hydrogen-bond acceptors (Lipinski definition) is 4. The van der Waals surface area contributed by atoms with Crippen molar-refractivity contribution in [2.75, 3.05) is 12.3 Å². The van der Waals surface area contributed by atoms with Gasteiger partial charge in [-0.1, -0.05) is 51.5 Å². The van der Waals surface area contributed by atoms with Gasteiger partial charge in [-0.15, -0.1) is 6.58 Å². The molecule has 3 aromatic rings. The molecule has 0 radical (unpaired) electrons. The second-order valence-corrected chi connectivity index (χ2v) is 7.76. The molecular weight excluding hydrogens is 348 g/mol. The number of fused-ring (bicyclic) bond motifs is 3. The summed E-state index contributed by atoms with van der Waals surface area (Å²) in [6.45, 7) is 18.6. The number of nitrogens with zero attached hydrogens (tertiary/aromatic N) is 3. The van der Waals surface area contributed by atoms with E-state index >= 15 is 0 Å². The van der Waals surface area contributed by atoms with Gasteiger partial charge in [0.15, 0.2) is 5.82 Å². The van der Waals surface area contributed by atoms with E-state index in [2.05, 4.69) is 43.0 Å². The van der Waals surface area contributed by atoms with Gasteiger partial charge >= 0.3 is 0 Å². The maximum atomic E-state index is 6.24. The number of benzene rings is 1. The van der Waals surface area contributed by atoms with Crippen molar-refractivity contribution in [3.8, 4) is 0 Å². The van der Waals surface area contributed by atoms with Crippen molar-refractivity contribution in [3.63, 3.8) is 0 Å². The molecule has 2 heterocycles. The third kappa shape index (κ3) is 4.71. The summed E-state index contributed by atoms with van der Waals surface area (Å²) < 4.78 is 7.93. The number of anilines is 1. The SMILES string of the molecule is C=C(C)CC(C)(C)Cn1c(COCC)nc2c(N)nc3ccccc3c21.CC. The smallest absolute Gasteiger partial charge is 0.152 e. The summed E-state index contributed by atoms with van der Waals surface area (Å²) in [5.74, 6) is 1.36. The van der Waals surface area contributed by atoms with E-state index in [9.17, 15) is 0 Å². The van der Waals surface area contributed by atoms with Crippen molar-refractivity contribution < 1.29 is 4.74 Å². The van der Waals surface area contributed by atoms with Gasteiger partial charge in [-0.2, -0.15) is 0 Å². The number of rotatable bonds is 7. The predicted octanol–water partition coefficient (Wildman–Crippen LogP) is 5.72. The van der Waals surface area contributed by atoms with Crippen LogP contribution in [0.5, 0.6) is 0 Å². The third-order valence-corrected chi connectivity index (χ3v) is 4.49. The Morgan fingerprint density at radius 1 is 1.21 bits per heavy atom. The molecule has 2 N–H and O–H groups in total. The zero-order chi connectivity index (χ0) is 20.9. The molecular formula is C23H34N4O. The van der Waals surface area contributed by atoms with Crippen LogP contribution in [0.1, 0.15) is 53.8 Å². The topological polar surface area (TPSA) is 66.0 Å². The van der Waals surface area contributed by atoms with Gasteiger partial charge in [-0.3, -0.25) is 0 Å². The van der Waals surface area contributed by atoms with Crippen molar-refractivity contribution in [3.05, 3.63) is 42.2 Å². The largest absolute Gasteiger partial charge is 0.382 e. The molecule has 2 aromatic heterocycles. The Morgan fingerprint density at radius 2 is 1.89 bits per heavy atom. The fourth-order valence-electron chi connectivity index (χ4n) is 3.68. The highest BCUT2D eigenvalue weighted by Gasteiger charge is 2.24. The summed E-state index contributed by atoms with van der Waals surface area (Å²) >= 11 is 0. The van der Waals surface area contributed by atoms with Crippen LogP contribution in [0.2, 0.25) is 0 Å². The first-order chi connectivity index (χ1) is 13.3. The molecule has 0 aliphatic heterocycles. The Hall–Kier alpha value is -2.40. The zero-order valence-electron chi connectivity index (χ0n) is 18.2. The van der Waals surface area contributed by atoms with Crippen LogP contribution in [0.15, 0.2) is 36.4 Å². The second-order valence-electron chi connectivity index (χ2n) is 7.76. The molecule has 0 atom stereocenters. The lowest BCUT2D eigenvalue weighted by atomic mass is 9.86. The van der Waals surface area contributed by atoms with Gasteiger partial charge in [0, 0.05) is 18.5 Å². The highest BCUT2D eigenvalue weighted by Crippen LogP contribution is 2.33. The van der Waals surface area contributed by atoms with E-state index in [1.54, 1.807) is 0 Å². The molecule has 0 saturated heterocycles. The minimum absolute atomic E-state index is 0.0412. The normalized spacial score (nSPS) is 11.5. The molecule has 0 saturated carbocycles. The lowest BCUT2D eigenvalue weighted by Gasteiger charge is -2.27. The zero-order valence-corrected chi connectivity index (χ0v) is 18.2. The number of aromatic nitrogens is 3. The van der Waals surface area contributed by atoms with Gasteiger partial charge < -0.3 is 15.0 Å². The maximum Gasteiger partial charge on any atom is 0.152 e. The molecule has 0 bridgehead atoms. The molecule has 28 heavy (non-hydrogen) atoms. The van der Waals surface area contributed by atoms with Gasteiger partial charge in [-0.05, 0) is 31.7 Å². The molecule has 152 valence electrons. The summed E-state index contributed by atoms with van der Waals surface area (Å²) in [6.07, 6.45) is 0.944. The monoisotopic (exact) mass is 382 g/mol. The Morgan fingerprint density at radius 3 is 2.54 bits per heavy atom. The maximum absolute atomic E-state index is 6.24. The van der Waals surface area contributed by atoms with E-state index in [1.807, 2.05) is 39.0 Å². The lowest BCUT2D eigenvalue weighted by molar-refractivity contribution is 0.124. The minimum Gasteiger partial charge on any atom is -0.382 e. The molecule has 1 aromatic carbocycles. The van der Waals surface area contributed by atoms with Crippen LogP contribution >= 0.6 is 0 Å². The van der Waals surface area contributed by atoms with E-state index in [0.29, 0.717) is 19.0 Å². The van der Waals surface area contributed by atoms with Crippen LogP contribution in [-0.4, -0.2) is 21.1 Å². The van der Waals surface area contributed by atoms with Gasteiger partial charge in [0.1, 0.15) is 17.9 Å². The van der Waals surface area contributed by atoms with Gasteiger partial charge in [0.05, 0.1) is 11.0 Å². The molecule has 3 rings (SSSR count). The summed E-state index contributed by atoms with van der Waals surface area (Å²) in [5.41, 5.74) is 10.1. The second kappa shape index (κ2) is 9.20. The van der Waals surface area contributed by atoms with Crippen molar-refractivity contribution in [2.24, 2.45) is 5.41 Å². The van der Waals surface area contributed by atoms with Crippen LogP contribution in [-0.2, 0) is 17.9 Å². The number of para-hydroxylation sites is 1. The predicted molar refractivity (Wildman–Crippen MR) is 119 cm³/mol. The lowest BCUT2D eigenvalue weighted by Crippen LogP contribution is -2.22. The van der Waals surface area contributed by atoms with Crippen molar-refractivity contribution >= 4 is 27.8 Å². The highest BCUT2D eigenvalue weighted by atomic mass is 16.5. The number of pyridine rings is 1. The highest BCUT2D eigenvalue weighted by molar-refractivity contribution is 6.06. The fraction of sp³-hybridized carbons (Fsp3) is 0.478. The molecule has 0 aliphatic carbocycles. The van der Waals surface area contributed by atoms with Crippen LogP contribution < -0.4 is 5.73 Å². The Labute approximate surface area is 168 Å². The van der Waals surface area contributed by atoms with E-state index in [4.69, 9.17) is 15.5 Å². The average molecular weight is 383 g/mol. The van der Waals surface area contributed by atoms with E-state index in [1.165, 1.54) is 5.57 Å². The molecule has 5 nitrogen and oxygen atoms in total. The number of ether oxygens (including phenoxy) is 1. The quantitative estimate of drug-likeness (QED) is 0.531. The standard InChI is InChI=1S/C21H28N4O.C2H6/c1-6-26-12-17-24-18-19(25(17)13-21(4,5)11-14(2)3)15-9-7-8-10-16(15)23-20(18)22;1-2/h7-10H,2,6,11-13H2,1,3-5H3,(H2,22,23);1-2H3. The van der Waals surface area contributed by atoms with Gasteiger partial charge in [0.25, 0.3) is 0 Å². The Balaban J connectivity index is 0.00000136. The first-order valence-corrected chi connectivity index (χ1v) is 10.1. The van der Waals surface area contributed by atoms with E-state index < -0.39 is 0 Å². The third-order valence-electron chi connectivity index (χ3n) is 4.49. The summed E-state index contributed by atoms with van der Waals surface area (Å²) in [7, 11) is 0. The number of nitrogens with two attached hydrogens (primary N) is 1. The first kappa shape index (κ1) is 21.9. The molecule has 0 unspecified atom stereocenters. The Kier molecular flexibility index (Phi) is 7.19. The van der Waals surface area contributed by atoms with Crippen LogP contribution in [0.25, 0.3) is 21.9 Å². The summed E-state index contributed by atoms with van der Waals surface area (Å²) in [4.78, 5) is 9.32. The minimum atomic E-state index is 0.0412. The molecule has 0 spiro atoms. The number of hydrogen-bond donors (Lipinski definition) is 1.